The first kappa shape index (κ1) is 23.8. The van der Waals surface area contributed by atoms with Gasteiger partial charge in [0.25, 0.3) is 11.8 Å². The van der Waals surface area contributed by atoms with Crippen LogP contribution in [0.5, 0.6) is 0 Å². The number of rotatable bonds is 8. The van der Waals surface area contributed by atoms with Crippen molar-refractivity contribution >= 4 is 28.5 Å². The van der Waals surface area contributed by atoms with Gasteiger partial charge in [0.15, 0.2) is 5.76 Å². The van der Waals surface area contributed by atoms with E-state index in [1.165, 1.54) is 23.8 Å². The highest BCUT2D eigenvalue weighted by atomic mass is 19.1. The molecule has 8 heteroatoms. The number of amides is 2. The van der Waals surface area contributed by atoms with Crippen molar-refractivity contribution in [2.24, 2.45) is 11.7 Å². The fourth-order valence-electron chi connectivity index (χ4n) is 4.78. The molecule has 3 heterocycles. The van der Waals surface area contributed by atoms with Crippen LogP contribution in [0.1, 0.15) is 45.3 Å². The molecule has 0 saturated carbocycles. The van der Waals surface area contributed by atoms with Gasteiger partial charge in [-0.15, -0.1) is 0 Å². The van der Waals surface area contributed by atoms with Crippen LogP contribution in [0.3, 0.4) is 0 Å². The largest absolute Gasteiger partial charge is 0.456 e. The van der Waals surface area contributed by atoms with Gasteiger partial charge in [-0.25, -0.2) is 4.39 Å². The zero-order valence-electron chi connectivity index (χ0n) is 19.8. The Balaban J connectivity index is 1.18. The number of nitrogens with two attached hydrogens (primary N) is 1. The minimum absolute atomic E-state index is 0.0304. The molecule has 2 aromatic carbocycles. The molecule has 0 radical (unpaired) electrons. The number of fused-ring (bicyclic) bond motifs is 1. The molecular weight excluding hydrogens is 461 g/mol. The van der Waals surface area contributed by atoms with Gasteiger partial charge in [-0.1, -0.05) is 30.3 Å². The number of benzene rings is 2. The third-order valence-electron chi connectivity index (χ3n) is 6.75. The van der Waals surface area contributed by atoms with E-state index in [9.17, 15) is 14.0 Å². The molecule has 2 aromatic heterocycles. The highest BCUT2D eigenvalue weighted by Gasteiger charge is 2.24. The van der Waals surface area contributed by atoms with E-state index in [0.29, 0.717) is 5.92 Å². The number of hydrogen-bond acceptors (Lipinski definition) is 5. The van der Waals surface area contributed by atoms with Crippen LogP contribution in [-0.2, 0) is 12.8 Å². The Kier molecular flexibility index (Phi) is 6.86. The predicted molar refractivity (Wildman–Crippen MR) is 134 cm³/mol. The summed E-state index contributed by atoms with van der Waals surface area (Å²) in [6.07, 6.45) is 3.96. The molecular formula is C28H28FN3O4. The average molecular weight is 490 g/mol. The number of nitrogens with zero attached hydrogens (tertiary/aromatic N) is 1. The summed E-state index contributed by atoms with van der Waals surface area (Å²) in [7, 11) is 0. The van der Waals surface area contributed by atoms with Crippen LogP contribution in [0.25, 0.3) is 11.0 Å². The zero-order valence-corrected chi connectivity index (χ0v) is 19.8. The van der Waals surface area contributed by atoms with E-state index < -0.39 is 17.6 Å². The molecule has 186 valence electrons. The number of anilines is 1. The number of carbonyl (C=O) groups is 2. The number of likely N-dealkylation sites (tertiary alicyclic amines) is 1. The van der Waals surface area contributed by atoms with Crippen molar-refractivity contribution in [3.8, 4) is 0 Å². The molecule has 5 rings (SSSR count). The van der Waals surface area contributed by atoms with E-state index in [1.54, 1.807) is 12.1 Å². The average Bonchev–Trinajstić information content (AvgIpc) is 3.49. The maximum absolute atomic E-state index is 13.8. The van der Waals surface area contributed by atoms with Crippen molar-refractivity contribution in [2.75, 3.05) is 25.0 Å². The quantitative estimate of drug-likeness (QED) is 0.362. The van der Waals surface area contributed by atoms with Crippen molar-refractivity contribution in [2.45, 2.75) is 25.7 Å². The van der Waals surface area contributed by atoms with Gasteiger partial charge >= 0.3 is 0 Å². The van der Waals surface area contributed by atoms with Gasteiger partial charge in [0.05, 0.1) is 0 Å². The van der Waals surface area contributed by atoms with Gasteiger partial charge in [0.2, 0.25) is 5.76 Å². The molecule has 1 aliphatic rings. The Hall–Kier alpha value is -3.91. The maximum Gasteiger partial charge on any atom is 0.291 e. The SMILES string of the molecule is NC(=O)c1oc2ccc(F)cc2c1NC(=O)c1ccc(CC2CCN(CCc3ccccc3)CC2)o1. The Morgan fingerprint density at radius 3 is 2.56 bits per heavy atom. The standard InChI is InChI=1S/C28H28FN3O4/c29-20-6-8-23-22(17-20)25(26(36-23)27(30)33)31-28(34)24-9-7-21(35-24)16-19-11-14-32(15-12-19)13-10-18-4-2-1-3-5-18/h1-9,17,19H,10-16H2,(H2,30,33)(H,31,34). The van der Waals surface area contributed by atoms with Crippen LogP contribution in [0.15, 0.2) is 69.5 Å². The second-order valence-electron chi connectivity index (χ2n) is 9.26. The van der Waals surface area contributed by atoms with Crippen LogP contribution in [-0.4, -0.2) is 36.3 Å². The van der Waals surface area contributed by atoms with Crippen LogP contribution < -0.4 is 11.1 Å². The zero-order chi connectivity index (χ0) is 25.1. The Morgan fingerprint density at radius 2 is 1.81 bits per heavy atom. The number of furan rings is 2. The van der Waals surface area contributed by atoms with Gasteiger partial charge < -0.3 is 24.8 Å². The first-order chi connectivity index (χ1) is 17.5. The van der Waals surface area contributed by atoms with Gasteiger partial charge in [-0.2, -0.15) is 0 Å². The molecule has 1 fully saturated rings. The lowest BCUT2D eigenvalue weighted by Crippen LogP contribution is -2.35. The molecule has 0 unspecified atom stereocenters. The van der Waals surface area contributed by atoms with Crippen LogP contribution in [0, 0.1) is 11.7 Å². The van der Waals surface area contributed by atoms with E-state index in [-0.39, 0.29) is 28.2 Å². The smallest absolute Gasteiger partial charge is 0.291 e. The van der Waals surface area contributed by atoms with Crippen molar-refractivity contribution in [3.63, 3.8) is 0 Å². The predicted octanol–water partition coefficient (Wildman–Crippen LogP) is 5.01. The molecule has 2 amide bonds. The molecule has 7 nitrogen and oxygen atoms in total. The minimum atomic E-state index is -0.864. The van der Waals surface area contributed by atoms with Crippen molar-refractivity contribution in [1.82, 2.24) is 4.90 Å². The molecule has 36 heavy (non-hydrogen) atoms. The summed E-state index contributed by atoms with van der Waals surface area (Å²) in [6.45, 7) is 3.15. The Bertz CT molecular complexity index is 1370. The van der Waals surface area contributed by atoms with Gasteiger partial charge in [0, 0.05) is 18.4 Å². The highest BCUT2D eigenvalue weighted by molar-refractivity contribution is 6.13. The molecule has 1 saturated heterocycles. The van der Waals surface area contributed by atoms with Gasteiger partial charge in [-0.05, 0) is 74.2 Å². The summed E-state index contributed by atoms with van der Waals surface area (Å²) >= 11 is 0. The first-order valence-electron chi connectivity index (χ1n) is 12.1. The molecule has 0 spiro atoms. The summed E-state index contributed by atoms with van der Waals surface area (Å²) in [6, 6.07) is 17.7. The maximum atomic E-state index is 13.8. The van der Waals surface area contributed by atoms with Crippen molar-refractivity contribution in [3.05, 3.63) is 89.3 Å². The molecule has 0 atom stereocenters. The summed E-state index contributed by atoms with van der Waals surface area (Å²) < 4.78 is 25.0. The second kappa shape index (κ2) is 10.4. The lowest BCUT2D eigenvalue weighted by molar-refractivity contribution is 0.0977. The number of primary amides is 1. The highest BCUT2D eigenvalue weighted by Crippen LogP contribution is 2.32. The Labute approximate surface area is 208 Å². The van der Waals surface area contributed by atoms with E-state index in [0.717, 1.165) is 51.1 Å². The van der Waals surface area contributed by atoms with Crippen molar-refractivity contribution in [1.29, 1.82) is 0 Å². The van der Waals surface area contributed by atoms with E-state index in [1.807, 2.05) is 6.07 Å². The number of piperidine rings is 1. The topological polar surface area (TPSA) is 102 Å². The molecule has 4 aromatic rings. The minimum Gasteiger partial charge on any atom is -0.456 e. The molecule has 3 N–H and O–H groups in total. The van der Waals surface area contributed by atoms with E-state index in [4.69, 9.17) is 14.6 Å². The number of hydrogen-bond donors (Lipinski definition) is 2. The molecule has 1 aliphatic heterocycles. The van der Waals surface area contributed by atoms with Crippen LogP contribution >= 0.6 is 0 Å². The van der Waals surface area contributed by atoms with Crippen LogP contribution in [0.4, 0.5) is 10.1 Å². The Morgan fingerprint density at radius 1 is 1.03 bits per heavy atom. The monoisotopic (exact) mass is 489 g/mol. The summed E-state index contributed by atoms with van der Waals surface area (Å²) in [5.74, 6) is -0.866. The van der Waals surface area contributed by atoms with E-state index in [2.05, 4.69) is 34.5 Å². The number of nitrogens with one attached hydrogen (secondary N) is 1. The summed E-state index contributed by atoms with van der Waals surface area (Å²) in [5, 5.41) is 2.86. The first-order valence-corrected chi connectivity index (χ1v) is 12.1. The van der Waals surface area contributed by atoms with E-state index >= 15 is 0 Å². The van der Waals surface area contributed by atoms with Crippen molar-refractivity contribution < 1.29 is 22.8 Å². The third kappa shape index (κ3) is 5.33. The van der Waals surface area contributed by atoms with Crippen LogP contribution in [0.2, 0.25) is 0 Å². The second-order valence-corrected chi connectivity index (χ2v) is 9.26. The fraction of sp³-hybridized carbons (Fsp3) is 0.286. The lowest BCUT2D eigenvalue weighted by atomic mass is 9.92. The summed E-state index contributed by atoms with van der Waals surface area (Å²) in [5.41, 5.74) is 7.03. The summed E-state index contributed by atoms with van der Waals surface area (Å²) in [4.78, 5) is 27.2. The fourth-order valence-corrected chi connectivity index (χ4v) is 4.78. The normalized spacial score (nSPS) is 14.8. The van der Waals surface area contributed by atoms with Gasteiger partial charge in [0.1, 0.15) is 22.8 Å². The number of carbonyl (C=O) groups excluding carboxylic acids is 2. The third-order valence-corrected chi connectivity index (χ3v) is 6.75. The van der Waals surface area contributed by atoms with Gasteiger partial charge in [-0.3, -0.25) is 9.59 Å². The number of halogens is 1. The molecule has 0 aliphatic carbocycles. The molecule has 0 bridgehead atoms. The lowest BCUT2D eigenvalue weighted by Gasteiger charge is -2.31.